The molecule has 0 spiro atoms. The summed E-state index contributed by atoms with van der Waals surface area (Å²) >= 11 is 0. The van der Waals surface area contributed by atoms with Crippen LogP contribution in [0.25, 0.3) is 0 Å². The molecule has 0 fully saturated rings. The third-order valence-corrected chi connectivity index (χ3v) is 2.86. The van der Waals surface area contributed by atoms with Crippen LogP contribution in [0.5, 0.6) is 0 Å². The summed E-state index contributed by atoms with van der Waals surface area (Å²) in [5.41, 5.74) is 1.30. The van der Waals surface area contributed by atoms with E-state index in [0.29, 0.717) is 12.1 Å². The number of aliphatic hydroxyl groups is 1. The van der Waals surface area contributed by atoms with Crippen molar-refractivity contribution in [3.63, 3.8) is 0 Å². The summed E-state index contributed by atoms with van der Waals surface area (Å²) in [5, 5.41) is 12.4. The molecule has 1 amide bonds. The molecule has 0 unspecified atom stereocenters. The van der Waals surface area contributed by atoms with Crippen molar-refractivity contribution in [3.8, 4) is 11.8 Å². The van der Waals surface area contributed by atoms with Gasteiger partial charge >= 0.3 is 0 Å². The summed E-state index contributed by atoms with van der Waals surface area (Å²) < 4.78 is 0. The lowest BCUT2D eigenvalue weighted by Gasteiger charge is -2.06. The Morgan fingerprint density at radius 2 is 1.82 bits per heavy atom. The molecular weight excluding hydrogens is 276 g/mol. The smallest absolute Gasteiger partial charge is 0.251 e. The second-order valence-corrected chi connectivity index (χ2v) is 5.42. The number of pyridine rings is 1. The Kier molecular flexibility index (Phi) is 4.92. The second-order valence-electron chi connectivity index (χ2n) is 5.42. The van der Waals surface area contributed by atoms with Gasteiger partial charge in [0.05, 0.1) is 0 Å². The minimum Gasteiger partial charge on any atom is -0.378 e. The molecule has 4 nitrogen and oxygen atoms in total. The van der Waals surface area contributed by atoms with E-state index in [0.717, 1.165) is 11.1 Å². The van der Waals surface area contributed by atoms with Gasteiger partial charge in [0.1, 0.15) is 5.60 Å². The van der Waals surface area contributed by atoms with Crippen LogP contribution in [0.4, 0.5) is 0 Å². The maximum atomic E-state index is 12.0. The first-order valence-corrected chi connectivity index (χ1v) is 6.97. The summed E-state index contributed by atoms with van der Waals surface area (Å²) in [7, 11) is 0. The van der Waals surface area contributed by atoms with Gasteiger partial charge in [-0.15, -0.1) is 0 Å². The molecule has 22 heavy (non-hydrogen) atoms. The largest absolute Gasteiger partial charge is 0.378 e. The molecule has 1 heterocycles. The number of carbonyl (C=O) groups is 1. The molecule has 0 saturated carbocycles. The number of rotatable bonds is 3. The summed E-state index contributed by atoms with van der Waals surface area (Å²) in [6, 6.07) is 10.7. The quantitative estimate of drug-likeness (QED) is 0.853. The molecule has 2 N–H and O–H groups in total. The zero-order valence-electron chi connectivity index (χ0n) is 12.6. The number of carbonyl (C=O) groups excluding carboxylic acids is 1. The maximum absolute atomic E-state index is 12.0. The summed E-state index contributed by atoms with van der Waals surface area (Å²) in [6.45, 7) is 3.71. The van der Waals surface area contributed by atoms with E-state index in [-0.39, 0.29) is 5.91 Å². The van der Waals surface area contributed by atoms with Crippen molar-refractivity contribution in [2.45, 2.75) is 26.0 Å². The van der Waals surface area contributed by atoms with Gasteiger partial charge in [0.2, 0.25) is 0 Å². The SMILES string of the molecule is CC(C)(O)C#Cc1ccc(C(=O)NCc2ccncc2)cc1. The Labute approximate surface area is 130 Å². The summed E-state index contributed by atoms with van der Waals surface area (Å²) in [5.74, 6) is 5.46. The van der Waals surface area contributed by atoms with Crippen LogP contribution in [0.15, 0.2) is 48.8 Å². The normalized spacial score (nSPS) is 10.5. The van der Waals surface area contributed by atoms with E-state index in [2.05, 4.69) is 22.1 Å². The number of nitrogens with zero attached hydrogens (tertiary/aromatic N) is 1. The van der Waals surface area contributed by atoms with Crippen LogP contribution in [0.1, 0.15) is 35.3 Å². The summed E-state index contributed by atoms with van der Waals surface area (Å²) in [6.07, 6.45) is 3.38. The lowest BCUT2D eigenvalue weighted by atomic mass is 10.1. The van der Waals surface area contributed by atoms with Crippen LogP contribution in [-0.4, -0.2) is 21.6 Å². The van der Waals surface area contributed by atoms with Crippen molar-refractivity contribution in [1.29, 1.82) is 0 Å². The highest BCUT2D eigenvalue weighted by Gasteiger charge is 2.07. The predicted molar refractivity (Wildman–Crippen MR) is 85.0 cm³/mol. The molecule has 2 rings (SSSR count). The molecule has 4 heteroatoms. The van der Waals surface area contributed by atoms with Crippen molar-refractivity contribution in [2.75, 3.05) is 0 Å². The van der Waals surface area contributed by atoms with Crippen LogP contribution in [0, 0.1) is 11.8 Å². The van der Waals surface area contributed by atoms with Crippen LogP contribution >= 0.6 is 0 Å². The Balaban J connectivity index is 1.97. The van der Waals surface area contributed by atoms with Gasteiger partial charge in [0, 0.05) is 30.1 Å². The third kappa shape index (κ3) is 5.04. The molecule has 112 valence electrons. The molecule has 0 radical (unpaired) electrons. The van der Waals surface area contributed by atoms with Gasteiger partial charge in [0.15, 0.2) is 0 Å². The highest BCUT2D eigenvalue weighted by atomic mass is 16.3. The first kappa shape index (κ1) is 15.7. The summed E-state index contributed by atoms with van der Waals surface area (Å²) in [4.78, 5) is 16.0. The molecule has 0 aliphatic heterocycles. The van der Waals surface area contributed by atoms with Crippen molar-refractivity contribution in [2.24, 2.45) is 0 Å². The minimum atomic E-state index is -1.03. The van der Waals surface area contributed by atoms with E-state index in [1.54, 1.807) is 50.5 Å². The predicted octanol–water partition coefficient (Wildman–Crippen LogP) is 2.13. The zero-order chi connectivity index (χ0) is 16.0. The number of benzene rings is 1. The van der Waals surface area contributed by atoms with E-state index in [1.807, 2.05) is 12.1 Å². The molecular formula is C18H18N2O2. The zero-order valence-corrected chi connectivity index (χ0v) is 12.6. The van der Waals surface area contributed by atoms with Gasteiger partial charge in [-0.2, -0.15) is 0 Å². The number of hydrogen-bond acceptors (Lipinski definition) is 3. The van der Waals surface area contributed by atoms with E-state index in [1.165, 1.54) is 0 Å². The fourth-order valence-corrected chi connectivity index (χ4v) is 1.72. The average Bonchev–Trinajstić information content (AvgIpc) is 2.51. The van der Waals surface area contributed by atoms with Crippen molar-refractivity contribution < 1.29 is 9.90 Å². The first-order valence-electron chi connectivity index (χ1n) is 6.97. The van der Waals surface area contributed by atoms with E-state index < -0.39 is 5.60 Å². The van der Waals surface area contributed by atoms with Crippen LogP contribution in [0.2, 0.25) is 0 Å². The molecule has 2 aromatic rings. The van der Waals surface area contributed by atoms with E-state index in [9.17, 15) is 9.90 Å². The van der Waals surface area contributed by atoms with Crippen LogP contribution in [-0.2, 0) is 6.54 Å². The van der Waals surface area contributed by atoms with Crippen molar-refractivity contribution in [1.82, 2.24) is 10.3 Å². The Morgan fingerprint density at radius 3 is 2.41 bits per heavy atom. The van der Waals surface area contributed by atoms with E-state index in [4.69, 9.17) is 0 Å². The monoisotopic (exact) mass is 294 g/mol. The first-order chi connectivity index (χ1) is 10.4. The minimum absolute atomic E-state index is 0.140. The van der Waals surface area contributed by atoms with Gasteiger partial charge in [-0.05, 0) is 55.8 Å². The second kappa shape index (κ2) is 6.88. The maximum Gasteiger partial charge on any atom is 0.251 e. The lowest BCUT2D eigenvalue weighted by Crippen LogP contribution is -2.22. The number of nitrogens with one attached hydrogen (secondary N) is 1. The molecule has 0 atom stereocenters. The Hall–Kier alpha value is -2.64. The Morgan fingerprint density at radius 1 is 1.18 bits per heavy atom. The Bertz CT molecular complexity index is 690. The molecule has 1 aromatic carbocycles. The fraction of sp³-hybridized carbons (Fsp3) is 0.222. The molecule has 0 aliphatic carbocycles. The third-order valence-electron chi connectivity index (χ3n) is 2.86. The molecule has 0 saturated heterocycles. The standard InChI is InChI=1S/C18H18N2O2/c1-18(2,22)10-7-14-3-5-16(6-4-14)17(21)20-13-15-8-11-19-12-9-15/h3-6,8-9,11-12,22H,13H2,1-2H3,(H,20,21). The molecule has 0 aliphatic rings. The molecule has 0 bridgehead atoms. The molecule has 1 aromatic heterocycles. The van der Waals surface area contributed by atoms with Gasteiger partial charge < -0.3 is 10.4 Å². The van der Waals surface area contributed by atoms with Gasteiger partial charge in [-0.25, -0.2) is 0 Å². The van der Waals surface area contributed by atoms with Crippen molar-refractivity contribution >= 4 is 5.91 Å². The highest BCUT2D eigenvalue weighted by molar-refractivity contribution is 5.94. The van der Waals surface area contributed by atoms with Gasteiger partial charge in [-0.1, -0.05) is 11.8 Å². The van der Waals surface area contributed by atoms with Crippen LogP contribution in [0.3, 0.4) is 0 Å². The number of hydrogen-bond donors (Lipinski definition) is 2. The highest BCUT2D eigenvalue weighted by Crippen LogP contribution is 2.05. The topological polar surface area (TPSA) is 62.2 Å². The number of amides is 1. The lowest BCUT2D eigenvalue weighted by molar-refractivity contribution is 0.0951. The fourth-order valence-electron chi connectivity index (χ4n) is 1.72. The van der Waals surface area contributed by atoms with Crippen molar-refractivity contribution in [3.05, 3.63) is 65.5 Å². The average molecular weight is 294 g/mol. The van der Waals surface area contributed by atoms with Gasteiger partial charge in [0.25, 0.3) is 5.91 Å². The number of aromatic nitrogens is 1. The van der Waals surface area contributed by atoms with Gasteiger partial charge in [-0.3, -0.25) is 9.78 Å². The van der Waals surface area contributed by atoms with Crippen LogP contribution < -0.4 is 5.32 Å². The van der Waals surface area contributed by atoms with E-state index >= 15 is 0 Å².